The first kappa shape index (κ1) is 25.5. The maximum Gasteiger partial charge on any atom is 0.493 e. The molecular formula is C22H17ClF3N5O4. The van der Waals surface area contributed by atoms with Crippen molar-refractivity contribution in [3.05, 3.63) is 64.8 Å². The number of hydrogen-bond acceptors (Lipinski definition) is 7. The molecule has 0 radical (unpaired) electrons. The number of anilines is 1. The third-order valence-corrected chi connectivity index (χ3v) is 4.85. The Morgan fingerprint density at radius 3 is 2.46 bits per heavy atom. The van der Waals surface area contributed by atoms with Gasteiger partial charge in [-0.3, -0.25) is 9.48 Å². The molecule has 0 saturated heterocycles. The molecule has 0 unspecified atom stereocenters. The lowest BCUT2D eigenvalue weighted by Gasteiger charge is -2.23. The predicted molar refractivity (Wildman–Crippen MR) is 118 cm³/mol. The summed E-state index contributed by atoms with van der Waals surface area (Å²) in [5.74, 6) is -3.45. The van der Waals surface area contributed by atoms with Gasteiger partial charge in [-0.25, -0.2) is 4.79 Å². The van der Waals surface area contributed by atoms with Gasteiger partial charge in [-0.2, -0.15) is 23.5 Å². The van der Waals surface area contributed by atoms with Crippen LogP contribution in [0.15, 0.2) is 48.7 Å². The second kappa shape index (κ2) is 10.5. The number of hydroxylamine groups is 1. The van der Waals surface area contributed by atoms with E-state index in [1.54, 1.807) is 7.05 Å². The van der Waals surface area contributed by atoms with E-state index >= 15 is 0 Å². The zero-order valence-electron chi connectivity index (χ0n) is 18.0. The molecule has 0 atom stereocenters. The fourth-order valence-electron chi connectivity index (χ4n) is 2.99. The second-order valence-electron chi connectivity index (χ2n) is 6.95. The highest BCUT2D eigenvalue weighted by atomic mass is 35.5. The number of rotatable bonds is 6. The van der Waals surface area contributed by atoms with Crippen LogP contribution in [0.1, 0.15) is 15.9 Å². The van der Waals surface area contributed by atoms with Crippen molar-refractivity contribution in [2.75, 3.05) is 18.2 Å². The Morgan fingerprint density at radius 2 is 1.91 bits per heavy atom. The quantitative estimate of drug-likeness (QED) is 0.505. The van der Waals surface area contributed by atoms with E-state index in [0.717, 1.165) is 0 Å². The Bertz CT molecular complexity index is 1270. The number of benzene rings is 2. The molecule has 3 aromatic rings. The lowest BCUT2D eigenvalue weighted by Crippen LogP contribution is -2.38. The molecule has 0 aliphatic carbocycles. The van der Waals surface area contributed by atoms with Crippen LogP contribution in [0.2, 0.25) is 5.02 Å². The second-order valence-corrected chi connectivity index (χ2v) is 7.35. The summed E-state index contributed by atoms with van der Waals surface area (Å²) in [5, 5.41) is 13.4. The molecule has 182 valence electrons. The number of aromatic nitrogens is 2. The van der Waals surface area contributed by atoms with Crippen molar-refractivity contribution in [3.8, 4) is 23.1 Å². The maximum absolute atomic E-state index is 13.1. The largest absolute Gasteiger partial charge is 0.493 e. The number of nitrogens with zero attached hydrogens (tertiary/aromatic N) is 4. The number of aryl methyl sites for hydroxylation is 1. The number of hydrogen-bond donors (Lipinski definition) is 1. The minimum atomic E-state index is -5.37. The summed E-state index contributed by atoms with van der Waals surface area (Å²) in [6.07, 6.45) is -4.03. The first-order valence-electron chi connectivity index (χ1n) is 9.85. The van der Waals surface area contributed by atoms with Gasteiger partial charge in [0.1, 0.15) is 12.4 Å². The van der Waals surface area contributed by atoms with Crippen LogP contribution in [0.5, 0.6) is 5.75 Å². The van der Waals surface area contributed by atoms with Gasteiger partial charge in [0.2, 0.25) is 0 Å². The molecule has 0 aliphatic rings. The van der Waals surface area contributed by atoms with E-state index in [1.807, 2.05) is 6.07 Å². The zero-order chi connectivity index (χ0) is 25.8. The van der Waals surface area contributed by atoms with Gasteiger partial charge in [0, 0.05) is 24.7 Å². The van der Waals surface area contributed by atoms with Gasteiger partial charge in [0.05, 0.1) is 34.2 Å². The molecule has 2 aromatic carbocycles. The van der Waals surface area contributed by atoms with Crippen LogP contribution in [-0.2, 0) is 16.7 Å². The molecule has 35 heavy (non-hydrogen) atoms. The molecule has 0 bridgehead atoms. The SMILES string of the molecule is Cn1ncc(Cl)c1-c1cc(N(OC(=O)C(F)(F)F)C(=O)c2ccc(C#N)cc2)ccc1OCCN. The molecule has 0 saturated carbocycles. The Balaban J connectivity index is 2.14. The summed E-state index contributed by atoms with van der Waals surface area (Å²) >= 11 is 6.24. The van der Waals surface area contributed by atoms with Crippen molar-refractivity contribution in [2.45, 2.75) is 6.18 Å². The first-order valence-corrected chi connectivity index (χ1v) is 10.2. The molecular weight excluding hydrogens is 491 g/mol. The molecule has 1 heterocycles. The third-order valence-electron chi connectivity index (χ3n) is 4.57. The van der Waals surface area contributed by atoms with E-state index in [0.29, 0.717) is 5.69 Å². The van der Waals surface area contributed by atoms with E-state index in [4.69, 9.17) is 27.3 Å². The number of carbonyl (C=O) groups excluding carboxylic acids is 2. The summed E-state index contributed by atoms with van der Waals surface area (Å²) in [6.45, 7) is 0.283. The Morgan fingerprint density at radius 1 is 1.23 bits per heavy atom. The predicted octanol–water partition coefficient (Wildman–Crippen LogP) is 3.62. The fraction of sp³-hybridized carbons (Fsp3) is 0.182. The Kier molecular flexibility index (Phi) is 7.63. The van der Waals surface area contributed by atoms with Gasteiger partial charge in [0.25, 0.3) is 5.91 Å². The molecule has 0 aliphatic heterocycles. The van der Waals surface area contributed by atoms with E-state index in [2.05, 4.69) is 9.94 Å². The fourth-order valence-corrected chi connectivity index (χ4v) is 3.26. The van der Waals surface area contributed by atoms with Crippen LogP contribution in [0.3, 0.4) is 0 Å². The monoisotopic (exact) mass is 507 g/mol. The van der Waals surface area contributed by atoms with Gasteiger partial charge >= 0.3 is 12.1 Å². The maximum atomic E-state index is 13.1. The van der Waals surface area contributed by atoms with Gasteiger partial charge in [-0.05, 0) is 42.5 Å². The molecule has 3 rings (SSSR count). The van der Waals surface area contributed by atoms with Crippen molar-refractivity contribution in [3.63, 3.8) is 0 Å². The molecule has 0 spiro atoms. The van der Waals surface area contributed by atoms with Crippen LogP contribution >= 0.6 is 11.6 Å². The highest BCUT2D eigenvalue weighted by molar-refractivity contribution is 6.33. The summed E-state index contributed by atoms with van der Waals surface area (Å²) in [6, 6.07) is 10.7. The normalized spacial score (nSPS) is 11.0. The van der Waals surface area contributed by atoms with Gasteiger partial charge < -0.3 is 15.3 Å². The molecule has 13 heteroatoms. The van der Waals surface area contributed by atoms with Crippen molar-refractivity contribution in [2.24, 2.45) is 12.8 Å². The lowest BCUT2D eigenvalue weighted by molar-refractivity contribution is -0.199. The van der Waals surface area contributed by atoms with Gasteiger partial charge in [-0.1, -0.05) is 11.6 Å². The highest BCUT2D eigenvalue weighted by Crippen LogP contribution is 2.38. The lowest BCUT2D eigenvalue weighted by atomic mass is 10.1. The molecule has 2 N–H and O–H groups in total. The zero-order valence-corrected chi connectivity index (χ0v) is 18.8. The number of halogens is 4. The van der Waals surface area contributed by atoms with Crippen LogP contribution in [0.25, 0.3) is 11.3 Å². The van der Waals surface area contributed by atoms with Crippen molar-refractivity contribution < 1.29 is 32.3 Å². The van der Waals surface area contributed by atoms with E-state index in [-0.39, 0.29) is 51.4 Å². The van der Waals surface area contributed by atoms with Crippen molar-refractivity contribution in [1.82, 2.24) is 9.78 Å². The summed E-state index contributed by atoms with van der Waals surface area (Å²) in [4.78, 5) is 29.2. The molecule has 0 fully saturated rings. The number of nitrogens with two attached hydrogens (primary N) is 1. The average Bonchev–Trinajstić information content (AvgIpc) is 3.17. The van der Waals surface area contributed by atoms with E-state index in [9.17, 15) is 22.8 Å². The standard InChI is InChI=1S/C22H17ClF3N5O4/c1-30-19(17(23)12-29-30)16-10-15(6-7-18(16)34-9-8-27)31(35-21(33)22(24,25)26)20(32)14-4-2-13(11-28)3-5-14/h2-7,10,12H,8-9,27H2,1H3. The Labute approximate surface area is 202 Å². The molecule has 1 aromatic heterocycles. The van der Waals surface area contributed by atoms with Crippen molar-refractivity contribution >= 4 is 29.2 Å². The summed E-state index contributed by atoms with van der Waals surface area (Å²) in [5.41, 5.74) is 5.93. The highest BCUT2D eigenvalue weighted by Gasteiger charge is 2.44. The number of ether oxygens (including phenoxy) is 1. The van der Waals surface area contributed by atoms with Crippen molar-refractivity contribution in [1.29, 1.82) is 5.26 Å². The van der Waals surface area contributed by atoms with Crippen LogP contribution in [0, 0.1) is 11.3 Å². The molecule has 1 amide bonds. The van der Waals surface area contributed by atoms with Crippen LogP contribution < -0.4 is 15.5 Å². The minimum Gasteiger partial charge on any atom is -0.492 e. The number of alkyl halides is 3. The van der Waals surface area contributed by atoms with Gasteiger partial charge in [-0.15, -0.1) is 5.06 Å². The van der Waals surface area contributed by atoms with E-state index < -0.39 is 18.1 Å². The van der Waals surface area contributed by atoms with E-state index in [1.165, 1.54) is 53.3 Å². The van der Waals surface area contributed by atoms with Crippen LogP contribution in [0.4, 0.5) is 18.9 Å². The Hall–Kier alpha value is -4.08. The van der Waals surface area contributed by atoms with Gasteiger partial charge in [0.15, 0.2) is 0 Å². The third kappa shape index (κ3) is 5.71. The minimum absolute atomic E-state index is 0.110. The number of carbonyl (C=O) groups is 2. The van der Waals surface area contributed by atoms with Crippen LogP contribution in [-0.4, -0.2) is 41.0 Å². The topological polar surface area (TPSA) is 123 Å². The number of nitriles is 1. The summed E-state index contributed by atoms with van der Waals surface area (Å²) in [7, 11) is 1.57. The first-order chi connectivity index (χ1) is 16.6. The summed E-state index contributed by atoms with van der Waals surface area (Å²) < 4.78 is 46.0. The smallest absolute Gasteiger partial charge is 0.492 e. The molecule has 9 nitrogen and oxygen atoms in total. The number of amides is 1. The average molecular weight is 508 g/mol.